The van der Waals surface area contributed by atoms with E-state index in [1.165, 1.54) is 38.5 Å². The van der Waals surface area contributed by atoms with E-state index in [0.29, 0.717) is 25.8 Å². The van der Waals surface area contributed by atoms with Crippen LogP contribution < -0.4 is 15.4 Å². The van der Waals surface area contributed by atoms with E-state index in [2.05, 4.69) is 10.6 Å². The minimum absolute atomic E-state index is 0.0719. The first kappa shape index (κ1) is 18.7. The fraction of sp³-hybridized carbons (Fsp3) is 0.632. The summed E-state index contributed by atoms with van der Waals surface area (Å²) in [6, 6.07) is 10.2. The molecule has 1 saturated carbocycles. The van der Waals surface area contributed by atoms with Gasteiger partial charge in [0.2, 0.25) is 5.91 Å². The molecular weight excluding hydrogens is 304 g/mol. The minimum atomic E-state index is -0.0719. The number of para-hydroxylation sites is 1. The summed E-state index contributed by atoms with van der Waals surface area (Å²) in [5, 5.41) is 6.42. The second-order valence-electron chi connectivity index (χ2n) is 6.21. The van der Waals surface area contributed by atoms with Crippen molar-refractivity contribution >= 4 is 5.91 Å². The fourth-order valence-electron chi connectivity index (χ4n) is 2.91. The van der Waals surface area contributed by atoms with Crippen molar-refractivity contribution in [3.63, 3.8) is 0 Å². The van der Waals surface area contributed by atoms with Crippen molar-refractivity contribution in [1.82, 2.24) is 10.6 Å². The van der Waals surface area contributed by atoms with Gasteiger partial charge < -0.3 is 20.1 Å². The molecule has 1 fully saturated rings. The highest BCUT2D eigenvalue weighted by Gasteiger charge is 2.10. The molecular formula is C19H30N2O3. The molecule has 0 aromatic heterocycles. The molecule has 0 heterocycles. The molecule has 0 atom stereocenters. The van der Waals surface area contributed by atoms with Crippen LogP contribution in [-0.4, -0.2) is 44.9 Å². The molecule has 0 aliphatic heterocycles. The molecule has 0 radical (unpaired) electrons. The van der Waals surface area contributed by atoms with Gasteiger partial charge in [-0.05, 0) is 25.0 Å². The lowest BCUT2D eigenvalue weighted by atomic mass is 10.1. The Morgan fingerprint density at radius 1 is 1.00 bits per heavy atom. The number of benzene rings is 1. The van der Waals surface area contributed by atoms with Crippen LogP contribution in [0.1, 0.15) is 38.5 Å². The number of hydrogen-bond acceptors (Lipinski definition) is 4. The van der Waals surface area contributed by atoms with Crippen molar-refractivity contribution in [1.29, 1.82) is 0 Å². The lowest BCUT2D eigenvalue weighted by Crippen LogP contribution is -2.38. The van der Waals surface area contributed by atoms with Gasteiger partial charge in [-0.1, -0.05) is 43.9 Å². The molecule has 0 unspecified atom stereocenters. The smallest absolute Gasteiger partial charge is 0.246 e. The summed E-state index contributed by atoms with van der Waals surface area (Å²) in [5.74, 6) is 0.743. The van der Waals surface area contributed by atoms with Crippen molar-refractivity contribution in [3.8, 4) is 5.75 Å². The van der Waals surface area contributed by atoms with Crippen LogP contribution in [0.15, 0.2) is 30.3 Å². The third kappa shape index (κ3) is 8.31. The Morgan fingerprint density at radius 3 is 2.50 bits per heavy atom. The molecule has 5 heteroatoms. The van der Waals surface area contributed by atoms with E-state index in [4.69, 9.17) is 9.47 Å². The van der Waals surface area contributed by atoms with Crippen LogP contribution >= 0.6 is 0 Å². The molecule has 24 heavy (non-hydrogen) atoms. The predicted molar refractivity (Wildman–Crippen MR) is 95.3 cm³/mol. The summed E-state index contributed by atoms with van der Waals surface area (Å²) >= 11 is 0. The van der Waals surface area contributed by atoms with Crippen LogP contribution in [0.25, 0.3) is 0 Å². The normalized spacial score (nSPS) is 15.7. The Labute approximate surface area is 145 Å². The van der Waals surface area contributed by atoms with Crippen LogP contribution in [0.3, 0.4) is 0 Å². The second-order valence-corrected chi connectivity index (χ2v) is 6.21. The fourth-order valence-corrected chi connectivity index (χ4v) is 2.91. The van der Waals surface area contributed by atoms with Gasteiger partial charge >= 0.3 is 0 Å². The van der Waals surface area contributed by atoms with Crippen LogP contribution in [-0.2, 0) is 9.53 Å². The number of amides is 1. The highest BCUT2D eigenvalue weighted by Crippen LogP contribution is 2.16. The van der Waals surface area contributed by atoms with Crippen LogP contribution in [0.5, 0.6) is 5.75 Å². The highest BCUT2D eigenvalue weighted by molar-refractivity contribution is 5.77. The summed E-state index contributed by atoms with van der Waals surface area (Å²) < 4.78 is 10.8. The zero-order valence-electron chi connectivity index (χ0n) is 14.5. The SMILES string of the molecule is O=C(COCCOc1ccccc1)NCCNC1CCCCCC1. The Bertz CT molecular complexity index is 445. The lowest BCUT2D eigenvalue weighted by molar-refractivity contribution is -0.125. The summed E-state index contributed by atoms with van der Waals surface area (Å²) in [6.45, 7) is 2.41. The molecule has 1 aliphatic carbocycles. The topological polar surface area (TPSA) is 59.6 Å². The molecule has 0 bridgehead atoms. The number of carbonyl (C=O) groups excluding carboxylic acids is 1. The maximum Gasteiger partial charge on any atom is 0.246 e. The maximum absolute atomic E-state index is 11.7. The van der Waals surface area contributed by atoms with E-state index in [9.17, 15) is 4.79 Å². The van der Waals surface area contributed by atoms with Gasteiger partial charge in [0.1, 0.15) is 19.0 Å². The zero-order chi connectivity index (χ0) is 16.9. The summed E-state index contributed by atoms with van der Waals surface area (Å²) in [7, 11) is 0. The molecule has 5 nitrogen and oxygen atoms in total. The third-order valence-corrected chi connectivity index (χ3v) is 4.21. The third-order valence-electron chi connectivity index (χ3n) is 4.21. The Balaban J connectivity index is 1.42. The van der Waals surface area contributed by atoms with Gasteiger partial charge in [-0.3, -0.25) is 4.79 Å². The van der Waals surface area contributed by atoms with Gasteiger partial charge in [-0.25, -0.2) is 0 Å². The first-order valence-corrected chi connectivity index (χ1v) is 9.10. The molecule has 2 N–H and O–H groups in total. The van der Waals surface area contributed by atoms with E-state index in [-0.39, 0.29) is 12.5 Å². The lowest BCUT2D eigenvalue weighted by Gasteiger charge is -2.16. The van der Waals surface area contributed by atoms with Crippen molar-refractivity contribution in [2.24, 2.45) is 0 Å². The Hall–Kier alpha value is -1.59. The molecule has 1 amide bonds. The van der Waals surface area contributed by atoms with Gasteiger partial charge in [-0.2, -0.15) is 0 Å². The molecule has 1 aliphatic rings. The minimum Gasteiger partial charge on any atom is -0.491 e. The second kappa shape index (κ2) is 11.9. The highest BCUT2D eigenvalue weighted by atomic mass is 16.5. The standard InChI is InChI=1S/C19H30N2O3/c22-19(16-23-14-15-24-18-10-6-3-7-11-18)21-13-12-20-17-8-4-1-2-5-9-17/h3,6-7,10-11,17,20H,1-2,4-5,8-9,12-16H2,(H,21,22). The van der Waals surface area contributed by atoms with Gasteiger partial charge in [0, 0.05) is 19.1 Å². The monoisotopic (exact) mass is 334 g/mol. The van der Waals surface area contributed by atoms with Gasteiger partial charge in [0.15, 0.2) is 0 Å². The van der Waals surface area contributed by atoms with E-state index >= 15 is 0 Å². The van der Waals surface area contributed by atoms with Gasteiger partial charge in [-0.15, -0.1) is 0 Å². The number of nitrogens with one attached hydrogen (secondary N) is 2. The zero-order valence-corrected chi connectivity index (χ0v) is 14.5. The molecule has 1 aromatic carbocycles. The van der Waals surface area contributed by atoms with Crippen molar-refractivity contribution < 1.29 is 14.3 Å². The van der Waals surface area contributed by atoms with Crippen LogP contribution in [0.4, 0.5) is 0 Å². The number of carbonyl (C=O) groups is 1. The van der Waals surface area contributed by atoms with Crippen LogP contribution in [0, 0.1) is 0 Å². The van der Waals surface area contributed by atoms with E-state index in [0.717, 1.165) is 12.3 Å². The summed E-state index contributed by atoms with van der Waals surface area (Å²) in [5.41, 5.74) is 0. The quantitative estimate of drug-likeness (QED) is 0.510. The van der Waals surface area contributed by atoms with Crippen molar-refractivity contribution in [2.75, 3.05) is 32.9 Å². The number of ether oxygens (including phenoxy) is 2. The number of rotatable bonds is 10. The predicted octanol–water partition coefficient (Wildman–Crippen LogP) is 2.51. The average Bonchev–Trinajstić information content (AvgIpc) is 2.88. The van der Waals surface area contributed by atoms with Crippen molar-refractivity contribution in [2.45, 2.75) is 44.6 Å². The average molecular weight is 334 g/mol. The first-order chi connectivity index (χ1) is 11.8. The maximum atomic E-state index is 11.7. The van der Waals surface area contributed by atoms with Crippen molar-refractivity contribution in [3.05, 3.63) is 30.3 Å². The molecule has 1 aromatic rings. The van der Waals surface area contributed by atoms with E-state index in [1.807, 2.05) is 30.3 Å². The Kier molecular flexibility index (Phi) is 9.27. The molecule has 0 saturated heterocycles. The largest absolute Gasteiger partial charge is 0.491 e. The van der Waals surface area contributed by atoms with E-state index < -0.39 is 0 Å². The summed E-state index contributed by atoms with van der Waals surface area (Å²) in [6.07, 6.45) is 7.89. The van der Waals surface area contributed by atoms with Gasteiger partial charge in [0.05, 0.1) is 6.61 Å². The first-order valence-electron chi connectivity index (χ1n) is 9.10. The molecule has 134 valence electrons. The van der Waals surface area contributed by atoms with E-state index in [1.54, 1.807) is 0 Å². The molecule has 2 rings (SSSR count). The van der Waals surface area contributed by atoms with Gasteiger partial charge in [0.25, 0.3) is 0 Å². The Morgan fingerprint density at radius 2 is 1.75 bits per heavy atom. The van der Waals surface area contributed by atoms with Crippen LogP contribution in [0.2, 0.25) is 0 Å². The summed E-state index contributed by atoms with van der Waals surface area (Å²) in [4.78, 5) is 11.7. The number of hydrogen-bond donors (Lipinski definition) is 2. The molecule has 0 spiro atoms.